The van der Waals surface area contributed by atoms with E-state index in [2.05, 4.69) is 65.9 Å². The Labute approximate surface area is 244 Å². The Balaban J connectivity index is 1.91. The molecule has 0 spiro atoms. The minimum atomic E-state index is -0.847. The predicted molar refractivity (Wildman–Crippen MR) is 166 cm³/mol. The van der Waals surface area contributed by atoms with Crippen LogP contribution in [0.15, 0.2) is 0 Å². The van der Waals surface area contributed by atoms with Crippen molar-refractivity contribution in [3.05, 3.63) is 88.7 Å². The van der Waals surface area contributed by atoms with Gasteiger partial charge in [0.1, 0.15) is 0 Å². The van der Waals surface area contributed by atoms with Crippen molar-refractivity contribution in [2.24, 2.45) is 0 Å². The number of hydrogen-bond donors (Lipinski definition) is 6. The van der Waals surface area contributed by atoms with Crippen LogP contribution in [0.5, 0.6) is 0 Å². The average molecular weight is 569 g/mol. The molecule has 1 aliphatic rings. The molecular weight excluding hydrogens is 528 g/mol. The number of hydrogen-bond acceptors (Lipinski definition) is 2. The van der Waals surface area contributed by atoms with Crippen LogP contribution in [0.25, 0.3) is 24.3 Å². The van der Waals surface area contributed by atoms with Gasteiger partial charge in [-0.3, -0.25) is 9.59 Å². The molecule has 220 valence electrons. The fourth-order valence-electron chi connectivity index (χ4n) is 6.38. The van der Waals surface area contributed by atoms with Gasteiger partial charge in [-0.15, -0.1) is 0 Å². The van der Waals surface area contributed by atoms with Crippen LogP contribution in [0.4, 0.5) is 0 Å². The second kappa shape index (κ2) is 11.4. The number of aliphatic carboxylic acids is 2. The number of rotatable bonds is 8. The number of carbonyl (C=O) groups is 2. The van der Waals surface area contributed by atoms with Crippen molar-refractivity contribution in [2.45, 2.75) is 80.1 Å². The third-order valence-corrected chi connectivity index (χ3v) is 8.84. The second-order valence-corrected chi connectivity index (χ2v) is 11.3. The fourth-order valence-corrected chi connectivity index (χ4v) is 6.38. The lowest BCUT2D eigenvalue weighted by Crippen LogP contribution is -2.14. The van der Waals surface area contributed by atoms with Gasteiger partial charge in [0.25, 0.3) is 0 Å². The number of nitrogens with one attached hydrogen (secondary N) is 4. The molecule has 1 aliphatic heterocycles. The molecule has 6 N–H and O–H groups in total. The fraction of sp³-hybridized carbons (Fsp3) is 0.353. The van der Waals surface area contributed by atoms with Crippen LogP contribution < -0.4 is 21.4 Å². The number of aromatic nitrogens is 4. The zero-order chi connectivity index (χ0) is 30.3. The Bertz CT molecular complexity index is 1960. The summed E-state index contributed by atoms with van der Waals surface area (Å²) >= 11 is 0. The third-order valence-electron chi connectivity index (χ3n) is 8.84. The normalized spacial score (nSPS) is 14.8. The van der Waals surface area contributed by atoms with Gasteiger partial charge < -0.3 is 30.1 Å². The minimum Gasteiger partial charge on any atom is -0.481 e. The van der Waals surface area contributed by atoms with Crippen LogP contribution >= 0.6 is 0 Å². The van der Waals surface area contributed by atoms with Gasteiger partial charge in [-0.2, -0.15) is 0 Å². The summed E-state index contributed by atoms with van der Waals surface area (Å²) in [5, 5.41) is 22.8. The lowest BCUT2D eigenvalue weighted by atomic mass is 10.0. The molecule has 0 aliphatic carbocycles. The Morgan fingerprint density at radius 2 is 0.929 bits per heavy atom. The highest BCUT2D eigenvalue weighted by Crippen LogP contribution is 2.23. The summed E-state index contributed by atoms with van der Waals surface area (Å²) in [5.41, 5.74) is 12.6. The van der Waals surface area contributed by atoms with E-state index in [9.17, 15) is 19.8 Å². The molecule has 5 rings (SSSR count). The van der Waals surface area contributed by atoms with E-state index < -0.39 is 11.9 Å². The van der Waals surface area contributed by atoms with Gasteiger partial charge in [0.2, 0.25) is 0 Å². The summed E-state index contributed by atoms with van der Waals surface area (Å²) in [6, 6.07) is 0. The van der Waals surface area contributed by atoms with Crippen LogP contribution in [0.3, 0.4) is 0 Å². The molecule has 8 nitrogen and oxygen atoms in total. The maximum absolute atomic E-state index is 11.6. The molecule has 0 fully saturated rings. The van der Waals surface area contributed by atoms with E-state index in [1.165, 1.54) is 22.3 Å². The standard InChI is InChI=1S/C34H40N4O4/c1-7-21-17(3)25-13-26-19(5)23(9-11-33(39)40)31(37-26)16-32-24(10-12-34(41)42)20(6)28(38-32)15-30-22(8-2)18(4)27(36-30)14-29(21)35-25/h13-16,35-38H,7-12H2,1-6H3,(H,39,40)(H,41,42)/b25-13?,26-13-,27-14?,28-15?,29-14?,30-15-,31-16-,32-16?. The van der Waals surface area contributed by atoms with Crippen molar-refractivity contribution in [1.82, 2.24) is 19.9 Å². The topological polar surface area (TPSA) is 138 Å². The Kier molecular flexibility index (Phi) is 7.91. The molecule has 4 aromatic heterocycles. The zero-order valence-corrected chi connectivity index (χ0v) is 25.3. The third kappa shape index (κ3) is 5.29. The summed E-state index contributed by atoms with van der Waals surface area (Å²) in [7, 11) is 0. The summed E-state index contributed by atoms with van der Waals surface area (Å²) in [5.74, 6) is -1.69. The smallest absolute Gasteiger partial charge is 0.303 e. The molecule has 4 aromatic rings. The molecule has 0 atom stereocenters. The summed E-state index contributed by atoms with van der Waals surface area (Å²) < 4.78 is 0. The molecule has 5 heterocycles. The summed E-state index contributed by atoms with van der Waals surface area (Å²) in [6.07, 6.45) is 11.0. The van der Waals surface area contributed by atoms with Crippen LogP contribution in [-0.2, 0) is 35.3 Å². The first-order valence-corrected chi connectivity index (χ1v) is 14.7. The molecule has 0 amide bonds. The highest BCUT2D eigenvalue weighted by Gasteiger charge is 2.17. The molecule has 42 heavy (non-hydrogen) atoms. The van der Waals surface area contributed by atoms with Crippen molar-refractivity contribution in [2.75, 3.05) is 0 Å². The molecule has 0 radical (unpaired) electrons. The molecule has 8 bridgehead atoms. The first kappa shape index (κ1) is 29.0. The quantitative estimate of drug-likeness (QED) is 0.171. The van der Waals surface area contributed by atoms with E-state index in [4.69, 9.17) is 0 Å². The number of H-pyrrole nitrogens is 4. The number of fused-ring (bicyclic) bond motifs is 8. The Hall–Kier alpha value is -4.46. The first-order chi connectivity index (χ1) is 20.0. The van der Waals surface area contributed by atoms with Crippen molar-refractivity contribution in [1.29, 1.82) is 0 Å². The summed E-state index contributed by atoms with van der Waals surface area (Å²) in [6.45, 7) is 12.7. The van der Waals surface area contributed by atoms with Gasteiger partial charge in [0, 0.05) is 57.0 Å². The van der Waals surface area contributed by atoms with Gasteiger partial charge in [0.15, 0.2) is 0 Å². The minimum absolute atomic E-state index is 0.0162. The zero-order valence-electron chi connectivity index (χ0n) is 25.3. The largest absolute Gasteiger partial charge is 0.481 e. The SMILES string of the molecule is CCc1c2[nH]c(c1C)/C=c1\[nH]/c(c(CCC(=O)O)c1C)=C\c1[nH]c(c(C)c1CCC(=O)O)/C=c1\[nH]c(c(C)c1CC)=C2. The highest BCUT2D eigenvalue weighted by molar-refractivity contribution is 5.70. The number of aromatic amines is 4. The van der Waals surface area contributed by atoms with Crippen molar-refractivity contribution in [3.8, 4) is 0 Å². The van der Waals surface area contributed by atoms with Gasteiger partial charge in [-0.1, -0.05) is 13.8 Å². The van der Waals surface area contributed by atoms with Crippen LogP contribution in [0.1, 0.15) is 94.0 Å². The average Bonchev–Trinajstić information content (AvgIpc) is 3.59. The maximum atomic E-state index is 11.6. The van der Waals surface area contributed by atoms with E-state index in [0.29, 0.717) is 12.8 Å². The molecule has 0 saturated heterocycles. The molecule has 0 unspecified atom stereocenters. The van der Waals surface area contributed by atoms with E-state index in [1.54, 1.807) is 0 Å². The van der Waals surface area contributed by atoms with Gasteiger partial charge >= 0.3 is 11.9 Å². The van der Waals surface area contributed by atoms with E-state index in [1.807, 2.05) is 19.9 Å². The Morgan fingerprint density at radius 3 is 1.48 bits per heavy atom. The van der Waals surface area contributed by atoms with Crippen molar-refractivity contribution < 1.29 is 19.8 Å². The van der Waals surface area contributed by atoms with Crippen LogP contribution in [-0.4, -0.2) is 42.1 Å². The van der Waals surface area contributed by atoms with Crippen LogP contribution in [0, 0.1) is 27.7 Å². The second-order valence-electron chi connectivity index (χ2n) is 11.3. The van der Waals surface area contributed by atoms with Crippen molar-refractivity contribution >= 4 is 36.2 Å². The molecule has 0 saturated carbocycles. The maximum Gasteiger partial charge on any atom is 0.303 e. The number of carboxylic acids is 2. The Morgan fingerprint density at radius 1 is 0.524 bits per heavy atom. The van der Waals surface area contributed by atoms with Crippen LogP contribution in [0.2, 0.25) is 0 Å². The van der Waals surface area contributed by atoms with E-state index in [-0.39, 0.29) is 12.8 Å². The van der Waals surface area contributed by atoms with Gasteiger partial charge in [-0.05, 0) is 122 Å². The molecular formula is C34H40N4O4. The lowest BCUT2D eigenvalue weighted by Gasteiger charge is -2.01. The number of carboxylic acid groups (broad SMARTS) is 2. The molecule has 0 aromatic carbocycles. The monoisotopic (exact) mass is 568 g/mol. The first-order valence-electron chi connectivity index (χ1n) is 14.7. The molecule has 8 heteroatoms. The van der Waals surface area contributed by atoms with E-state index in [0.717, 1.165) is 79.3 Å². The summed E-state index contributed by atoms with van der Waals surface area (Å²) in [4.78, 5) is 37.6. The predicted octanol–water partition coefficient (Wildman–Crippen LogP) is 3.02. The van der Waals surface area contributed by atoms with Gasteiger partial charge in [-0.25, -0.2) is 0 Å². The van der Waals surface area contributed by atoms with Crippen molar-refractivity contribution in [3.63, 3.8) is 0 Å². The lowest BCUT2D eigenvalue weighted by molar-refractivity contribution is -0.138. The van der Waals surface area contributed by atoms with Gasteiger partial charge in [0.05, 0.1) is 0 Å². The highest BCUT2D eigenvalue weighted by atomic mass is 16.4. The van der Waals surface area contributed by atoms with E-state index >= 15 is 0 Å².